The minimum atomic E-state index is -3.17. The maximum absolute atomic E-state index is 13.8. The van der Waals surface area contributed by atoms with E-state index in [0.29, 0.717) is 25.9 Å². The molecule has 0 N–H and O–H groups in total. The minimum absolute atomic E-state index is 0.0480. The summed E-state index contributed by atoms with van der Waals surface area (Å²) < 4.78 is 45.8. The molecule has 0 aliphatic carbocycles. The third-order valence-corrected chi connectivity index (χ3v) is 7.44. The number of sulfonamides is 1. The number of likely N-dealkylation sites (tertiary alicyclic amines) is 1. The van der Waals surface area contributed by atoms with E-state index in [9.17, 15) is 17.6 Å². The SMILES string of the molecule is CS(=O)(=O)N1[C@@H]2CC[C@H]1CC(OC1CCN(C(=O)c3ncccc3F)CC1)C2. The van der Waals surface area contributed by atoms with Gasteiger partial charge < -0.3 is 9.64 Å². The van der Waals surface area contributed by atoms with Gasteiger partial charge in [-0.1, -0.05) is 0 Å². The van der Waals surface area contributed by atoms with Gasteiger partial charge >= 0.3 is 0 Å². The van der Waals surface area contributed by atoms with Gasteiger partial charge in [-0.25, -0.2) is 17.8 Å². The van der Waals surface area contributed by atoms with Crippen molar-refractivity contribution < 1.29 is 22.3 Å². The van der Waals surface area contributed by atoms with Gasteiger partial charge in [-0.15, -0.1) is 0 Å². The number of aromatic nitrogens is 1. The van der Waals surface area contributed by atoms with E-state index in [1.807, 2.05) is 0 Å². The zero-order valence-electron chi connectivity index (χ0n) is 16.0. The van der Waals surface area contributed by atoms with Gasteiger partial charge in [0.15, 0.2) is 11.5 Å². The van der Waals surface area contributed by atoms with Crippen LogP contribution < -0.4 is 0 Å². The maximum Gasteiger partial charge on any atom is 0.275 e. The Labute approximate surface area is 164 Å². The summed E-state index contributed by atoms with van der Waals surface area (Å²) in [6, 6.07) is 2.81. The molecule has 9 heteroatoms. The Morgan fingerprint density at radius 2 is 1.79 bits per heavy atom. The van der Waals surface area contributed by atoms with E-state index in [-0.39, 0.29) is 35.9 Å². The predicted molar refractivity (Wildman–Crippen MR) is 101 cm³/mol. The summed E-state index contributed by atoms with van der Waals surface area (Å²) >= 11 is 0. The number of ether oxygens (including phenoxy) is 1. The molecule has 0 aromatic carbocycles. The van der Waals surface area contributed by atoms with Crippen LogP contribution in [0.4, 0.5) is 4.39 Å². The van der Waals surface area contributed by atoms with Crippen LogP contribution in [-0.4, -0.2) is 72.2 Å². The van der Waals surface area contributed by atoms with Gasteiger partial charge in [0.05, 0.1) is 18.5 Å². The third-order valence-electron chi connectivity index (χ3n) is 6.08. The van der Waals surface area contributed by atoms with Gasteiger partial charge in [0, 0.05) is 31.4 Å². The molecule has 3 aliphatic heterocycles. The van der Waals surface area contributed by atoms with Crippen molar-refractivity contribution in [3.63, 3.8) is 0 Å². The Hall–Kier alpha value is -1.58. The number of fused-ring (bicyclic) bond motifs is 2. The Bertz CT molecular complexity index is 827. The van der Waals surface area contributed by atoms with Gasteiger partial charge in [0.1, 0.15) is 0 Å². The van der Waals surface area contributed by atoms with Crippen molar-refractivity contribution in [2.45, 2.75) is 62.8 Å². The molecule has 3 fully saturated rings. The van der Waals surface area contributed by atoms with Crippen molar-refractivity contribution in [2.75, 3.05) is 19.3 Å². The number of carbonyl (C=O) groups excluding carboxylic acids is 1. The molecule has 4 heterocycles. The van der Waals surface area contributed by atoms with Gasteiger partial charge in [0.2, 0.25) is 10.0 Å². The second-order valence-corrected chi connectivity index (χ2v) is 9.92. The molecular formula is C19H26FN3O4S. The topological polar surface area (TPSA) is 79.8 Å². The molecular weight excluding hydrogens is 385 g/mol. The number of halogens is 1. The molecule has 7 nitrogen and oxygen atoms in total. The summed E-state index contributed by atoms with van der Waals surface area (Å²) in [6.45, 7) is 1.02. The first-order valence-corrected chi connectivity index (χ1v) is 11.7. The number of rotatable bonds is 4. The molecule has 2 bridgehead atoms. The van der Waals surface area contributed by atoms with E-state index < -0.39 is 15.8 Å². The van der Waals surface area contributed by atoms with E-state index in [1.165, 1.54) is 24.6 Å². The van der Waals surface area contributed by atoms with Crippen LogP contribution in [0.2, 0.25) is 0 Å². The summed E-state index contributed by atoms with van der Waals surface area (Å²) in [4.78, 5) is 18.0. The molecule has 1 unspecified atom stereocenters. The van der Waals surface area contributed by atoms with Crippen LogP contribution in [0.15, 0.2) is 18.3 Å². The average molecular weight is 411 g/mol. The van der Waals surface area contributed by atoms with Crippen LogP contribution in [0, 0.1) is 5.82 Å². The number of piperidine rings is 2. The lowest BCUT2D eigenvalue weighted by atomic mass is 10.0. The number of hydrogen-bond donors (Lipinski definition) is 0. The molecule has 0 spiro atoms. The largest absolute Gasteiger partial charge is 0.375 e. The second kappa shape index (κ2) is 7.68. The predicted octanol–water partition coefficient (Wildman–Crippen LogP) is 1.80. The zero-order valence-corrected chi connectivity index (χ0v) is 16.8. The first-order valence-electron chi connectivity index (χ1n) is 9.86. The summed E-state index contributed by atoms with van der Waals surface area (Å²) in [5.41, 5.74) is -0.133. The van der Waals surface area contributed by atoms with Crippen LogP contribution in [-0.2, 0) is 14.8 Å². The lowest BCUT2D eigenvalue weighted by Gasteiger charge is -2.40. The smallest absolute Gasteiger partial charge is 0.275 e. The van der Waals surface area contributed by atoms with Crippen molar-refractivity contribution in [3.05, 3.63) is 29.8 Å². The molecule has 3 aliphatic rings. The average Bonchev–Trinajstić information content (AvgIpc) is 2.94. The summed E-state index contributed by atoms with van der Waals surface area (Å²) in [6.07, 6.45) is 7.50. The standard InChI is InChI=1S/C19H26FN3O4S/c1-28(25,26)23-13-4-5-14(23)12-16(11-13)27-15-6-9-22(10-7-15)19(24)18-17(20)3-2-8-21-18/h2-3,8,13-16H,4-7,9-12H2,1H3/t13-,14+,16?. The lowest BCUT2D eigenvalue weighted by Crippen LogP contribution is -2.49. The van der Waals surface area contributed by atoms with E-state index in [1.54, 1.807) is 9.21 Å². The fraction of sp³-hybridized carbons (Fsp3) is 0.684. The highest BCUT2D eigenvalue weighted by Gasteiger charge is 2.46. The van der Waals surface area contributed by atoms with Crippen molar-refractivity contribution >= 4 is 15.9 Å². The quantitative estimate of drug-likeness (QED) is 0.755. The highest BCUT2D eigenvalue weighted by molar-refractivity contribution is 7.88. The van der Waals surface area contributed by atoms with Crippen LogP contribution in [0.5, 0.6) is 0 Å². The van der Waals surface area contributed by atoms with Crippen LogP contribution in [0.3, 0.4) is 0 Å². The van der Waals surface area contributed by atoms with Crippen molar-refractivity contribution in [1.82, 2.24) is 14.2 Å². The normalized spacial score (nSPS) is 29.2. The Balaban J connectivity index is 1.30. The summed E-state index contributed by atoms with van der Waals surface area (Å²) in [5.74, 6) is -0.977. The van der Waals surface area contributed by atoms with Crippen molar-refractivity contribution in [3.8, 4) is 0 Å². The molecule has 3 atom stereocenters. The number of carbonyl (C=O) groups is 1. The van der Waals surface area contributed by atoms with Gasteiger partial charge in [-0.3, -0.25) is 4.79 Å². The van der Waals surface area contributed by atoms with Crippen LogP contribution in [0.25, 0.3) is 0 Å². The number of hydrogen-bond acceptors (Lipinski definition) is 5. The molecule has 1 amide bonds. The first kappa shape index (κ1) is 19.7. The first-order chi connectivity index (χ1) is 13.3. The van der Waals surface area contributed by atoms with E-state index in [2.05, 4.69) is 4.98 Å². The lowest BCUT2D eigenvalue weighted by molar-refractivity contribution is -0.0662. The van der Waals surface area contributed by atoms with Crippen molar-refractivity contribution in [2.24, 2.45) is 0 Å². The Morgan fingerprint density at radius 3 is 2.36 bits per heavy atom. The number of nitrogens with zero attached hydrogens (tertiary/aromatic N) is 3. The maximum atomic E-state index is 13.8. The highest BCUT2D eigenvalue weighted by atomic mass is 32.2. The monoisotopic (exact) mass is 411 g/mol. The molecule has 1 aromatic heterocycles. The molecule has 4 rings (SSSR count). The third kappa shape index (κ3) is 3.92. The van der Waals surface area contributed by atoms with E-state index in [4.69, 9.17) is 4.74 Å². The fourth-order valence-corrected chi connectivity index (χ4v) is 6.36. The molecule has 154 valence electrons. The molecule has 0 saturated carbocycles. The highest BCUT2D eigenvalue weighted by Crippen LogP contribution is 2.39. The van der Waals surface area contributed by atoms with Gasteiger partial charge in [-0.05, 0) is 50.7 Å². The Morgan fingerprint density at radius 1 is 1.14 bits per heavy atom. The fourth-order valence-electron chi connectivity index (χ4n) is 4.90. The van der Waals surface area contributed by atoms with E-state index >= 15 is 0 Å². The van der Waals surface area contributed by atoms with Crippen LogP contribution in [0.1, 0.15) is 49.0 Å². The number of amides is 1. The van der Waals surface area contributed by atoms with Crippen molar-refractivity contribution in [1.29, 1.82) is 0 Å². The summed E-state index contributed by atoms with van der Waals surface area (Å²) in [7, 11) is -3.17. The number of pyridine rings is 1. The molecule has 3 saturated heterocycles. The van der Waals surface area contributed by atoms with Gasteiger partial charge in [0.25, 0.3) is 5.91 Å². The second-order valence-electron chi connectivity index (χ2n) is 8.03. The minimum Gasteiger partial charge on any atom is -0.375 e. The Kier molecular flexibility index (Phi) is 5.41. The molecule has 1 aromatic rings. The zero-order chi connectivity index (χ0) is 19.9. The van der Waals surface area contributed by atoms with E-state index in [0.717, 1.165) is 25.7 Å². The van der Waals surface area contributed by atoms with Crippen LogP contribution >= 0.6 is 0 Å². The molecule has 0 radical (unpaired) electrons. The van der Waals surface area contributed by atoms with Gasteiger partial charge in [-0.2, -0.15) is 4.31 Å². The summed E-state index contributed by atoms with van der Waals surface area (Å²) in [5, 5.41) is 0. The molecule has 28 heavy (non-hydrogen) atoms.